The van der Waals surface area contributed by atoms with Crippen LogP contribution in [0.2, 0.25) is 0 Å². The highest BCUT2D eigenvalue weighted by molar-refractivity contribution is 5.86. The second kappa shape index (κ2) is 7.59. The van der Waals surface area contributed by atoms with E-state index in [1.165, 1.54) is 0 Å². The maximum absolute atomic E-state index is 11.8. The Labute approximate surface area is 115 Å². The molecule has 1 fully saturated rings. The van der Waals surface area contributed by atoms with Gasteiger partial charge >= 0.3 is 0 Å². The van der Waals surface area contributed by atoms with Gasteiger partial charge in [-0.1, -0.05) is 12.8 Å². The number of rotatable bonds is 5. The van der Waals surface area contributed by atoms with Crippen LogP contribution in [0.1, 0.15) is 38.5 Å². The Hall–Kier alpha value is -0.810. The Morgan fingerprint density at radius 2 is 1.83 bits per heavy atom. The molecular weight excluding hydrogens is 254 g/mol. The predicted octanol–water partition coefficient (Wildman–Crippen LogP) is 0.664. The van der Waals surface area contributed by atoms with Gasteiger partial charge in [-0.2, -0.15) is 0 Å². The first-order valence-corrected chi connectivity index (χ1v) is 6.23. The Balaban J connectivity index is 0.00000289. The van der Waals surface area contributed by atoms with Crippen molar-refractivity contribution in [1.29, 1.82) is 0 Å². The molecule has 2 amide bonds. The lowest BCUT2D eigenvalue weighted by Gasteiger charge is -2.22. The Morgan fingerprint density at radius 1 is 1.28 bits per heavy atom. The van der Waals surface area contributed by atoms with Gasteiger partial charge in [0, 0.05) is 27.1 Å². The highest BCUT2D eigenvalue weighted by Crippen LogP contribution is 2.27. The Kier molecular flexibility index (Phi) is 7.25. The Morgan fingerprint density at radius 3 is 2.33 bits per heavy atom. The summed E-state index contributed by atoms with van der Waals surface area (Å²) >= 11 is 0. The van der Waals surface area contributed by atoms with Gasteiger partial charge in [-0.15, -0.1) is 12.4 Å². The van der Waals surface area contributed by atoms with E-state index in [4.69, 9.17) is 5.73 Å². The summed E-state index contributed by atoms with van der Waals surface area (Å²) in [7, 11) is 3.46. The molecule has 0 aromatic carbocycles. The molecule has 0 unspecified atom stereocenters. The van der Waals surface area contributed by atoms with Crippen molar-refractivity contribution in [2.45, 2.75) is 44.1 Å². The lowest BCUT2D eigenvalue weighted by molar-refractivity contribution is -0.129. The summed E-state index contributed by atoms with van der Waals surface area (Å²) < 4.78 is 0. The lowest BCUT2D eigenvalue weighted by Crippen LogP contribution is -2.52. The number of carbonyl (C=O) groups excluding carboxylic acids is 2. The fourth-order valence-electron chi connectivity index (χ4n) is 2.07. The number of carbonyl (C=O) groups is 2. The molecule has 106 valence electrons. The first-order chi connectivity index (χ1) is 7.96. The van der Waals surface area contributed by atoms with Crippen molar-refractivity contribution in [2.75, 3.05) is 20.6 Å². The molecule has 0 aromatic heterocycles. The number of nitrogens with zero attached hydrogens (tertiary/aromatic N) is 1. The number of hydrogen-bond donors (Lipinski definition) is 2. The molecule has 3 N–H and O–H groups in total. The zero-order chi connectivity index (χ0) is 12.9. The molecule has 0 radical (unpaired) electrons. The standard InChI is InChI=1S/C12H23N3O2.ClH/c1-15(2)10(16)6-5-9-14-11(17)12(13)7-3-4-8-12;/h3-9,13H2,1-2H3,(H,14,17);1H. The van der Waals surface area contributed by atoms with E-state index >= 15 is 0 Å². The zero-order valence-electron chi connectivity index (χ0n) is 11.2. The molecule has 0 bridgehead atoms. The van der Waals surface area contributed by atoms with Crippen LogP contribution in [0.25, 0.3) is 0 Å². The van der Waals surface area contributed by atoms with Crippen molar-refractivity contribution in [2.24, 2.45) is 5.73 Å². The number of amides is 2. The summed E-state index contributed by atoms with van der Waals surface area (Å²) in [4.78, 5) is 24.7. The molecule has 6 heteroatoms. The van der Waals surface area contributed by atoms with E-state index in [1.807, 2.05) is 0 Å². The van der Waals surface area contributed by atoms with E-state index in [2.05, 4.69) is 5.32 Å². The summed E-state index contributed by atoms with van der Waals surface area (Å²) in [5, 5.41) is 2.82. The van der Waals surface area contributed by atoms with Crippen LogP contribution in [0.4, 0.5) is 0 Å². The third kappa shape index (κ3) is 4.82. The zero-order valence-corrected chi connectivity index (χ0v) is 12.0. The second-order valence-corrected chi connectivity index (χ2v) is 5.01. The van der Waals surface area contributed by atoms with E-state index in [1.54, 1.807) is 19.0 Å². The topological polar surface area (TPSA) is 75.4 Å². The molecule has 18 heavy (non-hydrogen) atoms. The molecule has 1 rings (SSSR count). The van der Waals surface area contributed by atoms with Crippen molar-refractivity contribution in [3.05, 3.63) is 0 Å². The monoisotopic (exact) mass is 277 g/mol. The quantitative estimate of drug-likeness (QED) is 0.725. The highest BCUT2D eigenvalue weighted by atomic mass is 35.5. The first-order valence-electron chi connectivity index (χ1n) is 6.23. The van der Waals surface area contributed by atoms with Gasteiger partial charge in [0.1, 0.15) is 0 Å². The van der Waals surface area contributed by atoms with Gasteiger partial charge in [-0.25, -0.2) is 0 Å². The van der Waals surface area contributed by atoms with Gasteiger partial charge in [0.15, 0.2) is 0 Å². The van der Waals surface area contributed by atoms with Gasteiger partial charge < -0.3 is 16.0 Å². The van der Waals surface area contributed by atoms with Crippen LogP contribution in [0.5, 0.6) is 0 Å². The summed E-state index contributed by atoms with van der Waals surface area (Å²) in [5.41, 5.74) is 5.34. The van der Waals surface area contributed by atoms with Crippen molar-refractivity contribution < 1.29 is 9.59 Å². The second-order valence-electron chi connectivity index (χ2n) is 5.01. The smallest absolute Gasteiger partial charge is 0.240 e. The minimum absolute atomic E-state index is 0. The van der Waals surface area contributed by atoms with Gasteiger partial charge in [0.25, 0.3) is 0 Å². The van der Waals surface area contributed by atoms with Crippen LogP contribution in [0.3, 0.4) is 0 Å². The summed E-state index contributed by atoms with van der Waals surface area (Å²) in [6.07, 6.45) is 4.74. The molecule has 1 saturated carbocycles. The molecule has 0 atom stereocenters. The van der Waals surface area contributed by atoms with Crippen LogP contribution in [-0.4, -0.2) is 42.9 Å². The summed E-state index contributed by atoms with van der Waals surface area (Å²) in [6, 6.07) is 0. The van der Waals surface area contributed by atoms with E-state index in [-0.39, 0.29) is 24.2 Å². The minimum atomic E-state index is -0.661. The maximum atomic E-state index is 11.8. The molecule has 1 aliphatic carbocycles. The fraction of sp³-hybridized carbons (Fsp3) is 0.833. The van der Waals surface area contributed by atoms with Crippen LogP contribution in [0.15, 0.2) is 0 Å². The van der Waals surface area contributed by atoms with Crippen molar-refractivity contribution in [3.63, 3.8) is 0 Å². The van der Waals surface area contributed by atoms with E-state index < -0.39 is 5.54 Å². The SMILES string of the molecule is CN(C)C(=O)CCCNC(=O)C1(N)CCCC1.Cl. The molecule has 0 saturated heterocycles. The molecule has 0 spiro atoms. The maximum Gasteiger partial charge on any atom is 0.240 e. The van der Waals surface area contributed by atoms with Gasteiger partial charge in [-0.3, -0.25) is 9.59 Å². The number of nitrogens with one attached hydrogen (secondary N) is 1. The van der Waals surface area contributed by atoms with Gasteiger partial charge in [0.05, 0.1) is 5.54 Å². The minimum Gasteiger partial charge on any atom is -0.354 e. The molecule has 0 heterocycles. The van der Waals surface area contributed by atoms with E-state index in [0.717, 1.165) is 25.7 Å². The van der Waals surface area contributed by atoms with E-state index in [0.29, 0.717) is 19.4 Å². The van der Waals surface area contributed by atoms with Crippen LogP contribution in [-0.2, 0) is 9.59 Å². The van der Waals surface area contributed by atoms with Crippen LogP contribution >= 0.6 is 12.4 Å². The molecule has 1 aliphatic rings. The predicted molar refractivity (Wildman–Crippen MR) is 73.6 cm³/mol. The molecule has 0 aliphatic heterocycles. The average Bonchev–Trinajstić information content (AvgIpc) is 2.72. The largest absolute Gasteiger partial charge is 0.354 e. The number of halogens is 1. The van der Waals surface area contributed by atoms with E-state index in [9.17, 15) is 9.59 Å². The normalized spacial score (nSPS) is 16.8. The van der Waals surface area contributed by atoms with Crippen LogP contribution < -0.4 is 11.1 Å². The van der Waals surface area contributed by atoms with Crippen molar-refractivity contribution >= 4 is 24.2 Å². The summed E-state index contributed by atoms with van der Waals surface area (Å²) in [5.74, 6) is 0.0230. The number of hydrogen-bond acceptors (Lipinski definition) is 3. The molecule has 5 nitrogen and oxygen atoms in total. The van der Waals surface area contributed by atoms with Crippen LogP contribution in [0, 0.1) is 0 Å². The van der Waals surface area contributed by atoms with Gasteiger partial charge in [0.2, 0.25) is 11.8 Å². The van der Waals surface area contributed by atoms with Gasteiger partial charge in [-0.05, 0) is 19.3 Å². The highest BCUT2D eigenvalue weighted by Gasteiger charge is 2.36. The molecule has 0 aromatic rings. The third-order valence-corrected chi connectivity index (χ3v) is 3.30. The first kappa shape index (κ1) is 17.2. The van der Waals surface area contributed by atoms with Crippen molar-refractivity contribution in [3.8, 4) is 0 Å². The summed E-state index contributed by atoms with van der Waals surface area (Å²) in [6.45, 7) is 0.525. The average molecular weight is 278 g/mol. The third-order valence-electron chi connectivity index (χ3n) is 3.30. The molecular formula is C12H24ClN3O2. The fourth-order valence-corrected chi connectivity index (χ4v) is 2.07. The number of nitrogens with two attached hydrogens (primary N) is 1. The lowest BCUT2D eigenvalue weighted by atomic mass is 9.98. The Bertz CT molecular complexity index is 289. The van der Waals surface area contributed by atoms with Crippen molar-refractivity contribution in [1.82, 2.24) is 10.2 Å².